The highest BCUT2D eigenvalue weighted by Crippen LogP contribution is 2.24. The normalized spacial score (nSPS) is 9.64. The zero-order chi connectivity index (χ0) is 8.43. The van der Waals surface area contributed by atoms with Crippen LogP contribution in [0.1, 0.15) is 0 Å². The quantitative estimate of drug-likeness (QED) is 0.259. The van der Waals surface area contributed by atoms with Crippen molar-refractivity contribution in [2.24, 2.45) is 11.6 Å². The van der Waals surface area contributed by atoms with Crippen molar-refractivity contribution in [3.05, 3.63) is 10.7 Å². The van der Waals surface area contributed by atoms with Crippen LogP contribution < -0.4 is 16.6 Å². The molecule has 1 heterocycles. The van der Waals surface area contributed by atoms with Gasteiger partial charge < -0.3 is 5.73 Å². The van der Waals surface area contributed by atoms with Crippen molar-refractivity contribution in [3.63, 3.8) is 0 Å². The van der Waals surface area contributed by atoms with E-state index in [9.17, 15) is 0 Å². The summed E-state index contributed by atoms with van der Waals surface area (Å²) in [7, 11) is 0. The minimum atomic E-state index is -0.245. The SMILES string of the molecule is N=C(N)N(N)c1cnc(Cl)s1. The predicted octanol–water partition coefficient (Wildman–Crippen LogP) is 0.370. The molecule has 0 amide bonds. The van der Waals surface area contributed by atoms with Gasteiger partial charge in [-0.15, -0.1) is 0 Å². The van der Waals surface area contributed by atoms with Gasteiger partial charge in [0, 0.05) is 0 Å². The Kier molecular flexibility index (Phi) is 2.28. The van der Waals surface area contributed by atoms with E-state index < -0.39 is 0 Å². The van der Waals surface area contributed by atoms with Crippen molar-refractivity contribution < 1.29 is 0 Å². The van der Waals surface area contributed by atoms with E-state index in [1.807, 2.05) is 0 Å². The zero-order valence-electron chi connectivity index (χ0n) is 5.41. The Balaban J connectivity index is 2.84. The first-order chi connectivity index (χ1) is 5.11. The number of nitrogens with zero attached hydrogens (tertiary/aromatic N) is 2. The lowest BCUT2D eigenvalue weighted by Crippen LogP contribution is -2.41. The second kappa shape index (κ2) is 3.04. The van der Waals surface area contributed by atoms with Crippen molar-refractivity contribution in [1.82, 2.24) is 4.98 Å². The van der Waals surface area contributed by atoms with E-state index in [0.717, 1.165) is 16.3 Å². The summed E-state index contributed by atoms with van der Waals surface area (Å²) in [6.07, 6.45) is 1.45. The third-order valence-electron chi connectivity index (χ3n) is 0.962. The number of hydrogen-bond donors (Lipinski definition) is 3. The predicted molar refractivity (Wildman–Crippen MR) is 45.7 cm³/mol. The van der Waals surface area contributed by atoms with E-state index in [4.69, 9.17) is 28.6 Å². The molecule has 0 aliphatic rings. The first kappa shape index (κ1) is 8.25. The number of thiazole rings is 1. The summed E-state index contributed by atoms with van der Waals surface area (Å²) in [4.78, 5) is 3.73. The number of halogens is 1. The second-order valence-electron chi connectivity index (χ2n) is 1.71. The summed E-state index contributed by atoms with van der Waals surface area (Å²) in [6, 6.07) is 0. The maximum absolute atomic E-state index is 6.96. The summed E-state index contributed by atoms with van der Waals surface area (Å²) in [5.74, 6) is 5.10. The van der Waals surface area contributed by atoms with E-state index in [-0.39, 0.29) is 5.96 Å². The number of rotatable bonds is 1. The summed E-state index contributed by atoms with van der Waals surface area (Å²) < 4.78 is 0.372. The smallest absolute Gasteiger partial charge is 0.208 e. The van der Waals surface area contributed by atoms with Gasteiger partial charge in [0.25, 0.3) is 0 Å². The van der Waals surface area contributed by atoms with Crippen LogP contribution in [0.3, 0.4) is 0 Å². The van der Waals surface area contributed by atoms with E-state index in [2.05, 4.69) is 4.98 Å². The van der Waals surface area contributed by atoms with E-state index in [0.29, 0.717) is 9.47 Å². The third kappa shape index (κ3) is 1.79. The van der Waals surface area contributed by atoms with Crippen molar-refractivity contribution in [3.8, 4) is 0 Å². The number of nitrogens with one attached hydrogen (secondary N) is 1. The van der Waals surface area contributed by atoms with Gasteiger partial charge in [-0.3, -0.25) is 5.41 Å². The average molecular weight is 192 g/mol. The Bertz CT molecular complexity index is 271. The molecule has 0 unspecified atom stereocenters. The van der Waals surface area contributed by atoms with Crippen LogP contribution >= 0.6 is 22.9 Å². The van der Waals surface area contributed by atoms with Gasteiger partial charge in [-0.1, -0.05) is 22.9 Å². The third-order valence-corrected chi connectivity index (χ3v) is 2.08. The lowest BCUT2D eigenvalue weighted by atomic mass is 10.7. The lowest BCUT2D eigenvalue weighted by molar-refractivity contribution is 1.10. The molecular formula is C4H6ClN5S. The molecule has 1 aromatic rings. The molecule has 0 radical (unpaired) electrons. The van der Waals surface area contributed by atoms with Gasteiger partial charge in [0.05, 0.1) is 6.20 Å². The molecule has 60 valence electrons. The first-order valence-corrected chi connectivity index (χ1v) is 3.81. The highest BCUT2D eigenvalue weighted by molar-refractivity contribution is 7.19. The second-order valence-corrected chi connectivity index (χ2v) is 3.30. The molecule has 11 heavy (non-hydrogen) atoms. The van der Waals surface area contributed by atoms with Gasteiger partial charge in [0.15, 0.2) is 4.47 Å². The molecule has 1 aromatic heterocycles. The molecular weight excluding hydrogens is 186 g/mol. The summed E-state index contributed by atoms with van der Waals surface area (Å²) in [5.41, 5.74) is 5.10. The Hall–Kier alpha value is -0.850. The monoisotopic (exact) mass is 191 g/mol. The van der Waals surface area contributed by atoms with Crippen LogP contribution in [0.15, 0.2) is 6.20 Å². The minimum Gasteiger partial charge on any atom is -0.369 e. The Labute approximate surface area is 72.1 Å². The van der Waals surface area contributed by atoms with Crippen molar-refractivity contribution in [2.45, 2.75) is 0 Å². The highest BCUT2D eigenvalue weighted by Gasteiger charge is 2.07. The fourth-order valence-corrected chi connectivity index (χ4v) is 1.34. The summed E-state index contributed by atoms with van der Waals surface area (Å²) >= 11 is 6.68. The first-order valence-electron chi connectivity index (χ1n) is 2.61. The number of aromatic nitrogens is 1. The van der Waals surface area contributed by atoms with Gasteiger partial charge in [-0.05, 0) is 0 Å². The van der Waals surface area contributed by atoms with Crippen molar-refractivity contribution >= 4 is 33.9 Å². The van der Waals surface area contributed by atoms with Crippen LogP contribution in [-0.4, -0.2) is 10.9 Å². The molecule has 0 fully saturated rings. The molecule has 0 aliphatic heterocycles. The molecule has 0 saturated carbocycles. The maximum Gasteiger partial charge on any atom is 0.208 e. The molecule has 5 N–H and O–H groups in total. The van der Waals surface area contributed by atoms with Crippen LogP contribution in [0.2, 0.25) is 4.47 Å². The van der Waals surface area contributed by atoms with Crippen LogP contribution in [0, 0.1) is 5.41 Å². The number of hydrazine groups is 1. The van der Waals surface area contributed by atoms with Gasteiger partial charge in [0.1, 0.15) is 5.00 Å². The van der Waals surface area contributed by atoms with Gasteiger partial charge in [-0.2, -0.15) is 0 Å². The number of hydrogen-bond acceptors (Lipinski definition) is 4. The minimum absolute atomic E-state index is 0.245. The van der Waals surface area contributed by atoms with E-state index in [1.54, 1.807) is 0 Å². The molecule has 0 aliphatic carbocycles. The largest absolute Gasteiger partial charge is 0.369 e. The molecule has 0 spiro atoms. The summed E-state index contributed by atoms with van der Waals surface area (Å²) in [5, 5.41) is 8.51. The molecule has 5 nitrogen and oxygen atoms in total. The van der Waals surface area contributed by atoms with Crippen molar-refractivity contribution in [1.29, 1.82) is 5.41 Å². The Morgan fingerprint density at radius 1 is 1.82 bits per heavy atom. The molecule has 1 rings (SSSR count). The molecule has 0 aromatic carbocycles. The molecule has 7 heteroatoms. The van der Waals surface area contributed by atoms with Crippen LogP contribution in [0.4, 0.5) is 5.00 Å². The Morgan fingerprint density at radius 3 is 2.82 bits per heavy atom. The number of anilines is 1. The maximum atomic E-state index is 6.96. The number of nitrogens with two attached hydrogens (primary N) is 2. The number of guanidine groups is 1. The van der Waals surface area contributed by atoms with Crippen LogP contribution in [0.5, 0.6) is 0 Å². The van der Waals surface area contributed by atoms with Gasteiger partial charge >= 0.3 is 0 Å². The fraction of sp³-hybridized carbons (Fsp3) is 0. The fourth-order valence-electron chi connectivity index (χ4n) is 0.475. The van der Waals surface area contributed by atoms with E-state index in [1.165, 1.54) is 6.20 Å². The van der Waals surface area contributed by atoms with Crippen LogP contribution in [-0.2, 0) is 0 Å². The van der Waals surface area contributed by atoms with E-state index >= 15 is 0 Å². The lowest BCUT2D eigenvalue weighted by Gasteiger charge is -2.11. The van der Waals surface area contributed by atoms with Gasteiger partial charge in [-0.25, -0.2) is 15.8 Å². The average Bonchev–Trinajstić information content (AvgIpc) is 2.34. The summed E-state index contributed by atoms with van der Waals surface area (Å²) in [6.45, 7) is 0. The Morgan fingerprint density at radius 2 is 2.45 bits per heavy atom. The highest BCUT2D eigenvalue weighted by atomic mass is 35.5. The standard InChI is InChI=1S/C4H6ClN5S/c5-3-9-1-2(11-3)10(8)4(6)7/h1H,8H2,(H3,6,7). The topological polar surface area (TPSA) is 92.0 Å². The van der Waals surface area contributed by atoms with Gasteiger partial charge in [0.2, 0.25) is 5.96 Å². The van der Waals surface area contributed by atoms with Crippen LogP contribution in [0.25, 0.3) is 0 Å². The van der Waals surface area contributed by atoms with Crippen molar-refractivity contribution in [2.75, 3.05) is 5.01 Å². The molecule has 0 atom stereocenters. The molecule has 0 saturated heterocycles. The molecule has 0 bridgehead atoms. The zero-order valence-corrected chi connectivity index (χ0v) is 6.99.